The molecule has 0 atom stereocenters. The lowest BCUT2D eigenvalue weighted by atomic mass is 10.1. The van der Waals surface area contributed by atoms with Crippen molar-refractivity contribution in [2.75, 3.05) is 13.2 Å². The second kappa shape index (κ2) is 6.88. The Balaban J connectivity index is 2.56. The highest BCUT2D eigenvalue weighted by molar-refractivity contribution is 5.72. The maximum absolute atomic E-state index is 11.3. The molecule has 3 heteroatoms. The summed E-state index contributed by atoms with van der Waals surface area (Å²) in [4.78, 5) is 11.3. The first-order chi connectivity index (χ1) is 7.76. The zero-order valence-electron chi connectivity index (χ0n) is 9.86. The molecule has 0 bridgehead atoms. The molecule has 1 aromatic rings. The first-order valence-electron chi connectivity index (χ1n) is 5.63. The van der Waals surface area contributed by atoms with Crippen molar-refractivity contribution in [1.82, 2.24) is 0 Å². The van der Waals surface area contributed by atoms with Gasteiger partial charge in [-0.05, 0) is 31.0 Å². The number of hydrogen-bond acceptors (Lipinski definition) is 3. The van der Waals surface area contributed by atoms with E-state index in [1.807, 2.05) is 24.3 Å². The van der Waals surface area contributed by atoms with Crippen molar-refractivity contribution in [3.8, 4) is 5.75 Å². The van der Waals surface area contributed by atoms with Crippen molar-refractivity contribution in [1.29, 1.82) is 0 Å². The molecule has 16 heavy (non-hydrogen) atoms. The molecule has 0 unspecified atom stereocenters. The molecule has 0 aromatic heterocycles. The van der Waals surface area contributed by atoms with Gasteiger partial charge in [-0.3, -0.25) is 4.79 Å². The fourth-order valence-electron chi connectivity index (χ4n) is 1.34. The monoisotopic (exact) mass is 222 g/mol. The van der Waals surface area contributed by atoms with Crippen LogP contribution in [-0.2, 0) is 16.0 Å². The SMILES string of the molecule is CCCOc1cccc(CC(=O)OCC)c1. The molecule has 0 saturated heterocycles. The Morgan fingerprint density at radius 1 is 1.31 bits per heavy atom. The first-order valence-corrected chi connectivity index (χ1v) is 5.63. The molecule has 0 aliphatic heterocycles. The number of benzene rings is 1. The van der Waals surface area contributed by atoms with Crippen molar-refractivity contribution in [2.24, 2.45) is 0 Å². The zero-order chi connectivity index (χ0) is 11.8. The number of carbonyl (C=O) groups is 1. The molecule has 0 aliphatic rings. The van der Waals surface area contributed by atoms with E-state index in [0.717, 1.165) is 17.7 Å². The van der Waals surface area contributed by atoms with Crippen LogP contribution in [0.4, 0.5) is 0 Å². The predicted molar refractivity (Wildman–Crippen MR) is 62.6 cm³/mol. The van der Waals surface area contributed by atoms with Crippen molar-refractivity contribution in [3.05, 3.63) is 29.8 Å². The fraction of sp³-hybridized carbons (Fsp3) is 0.462. The lowest BCUT2D eigenvalue weighted by Crippen LogP contribution is -2.07. The summed E-state index contributed by atoms with van der Waals surface area (Å²) < 4.78 is 10.4. The molecule has 0 amide bonds. The van der Waals surface area contributed by atoms with E-state index in [-0.39, 0.29) is 5.97 Å². The molecule has 0 spiro atoms. The molecule has 0 heterocycles. The van der Waals surface area contributed by atoms with E-state index in [1.165, 1.54) is 0 Å². The van der Waals surface area contributed by atoms with Crippen molar-refractivity contribution >= 4 is 5.97 Å². The summed E-state index contributed by atoms with van der Waals surface area (Å²) in [7, 11) is 0. The van der Waals surface area contributed by atoms with Crippen LogP contribution in [0.1, 0.15) is 25.8 Å². The van der Waals surface area contributed by atoms with Crippen molar-refractivity contribution in [2.45, 2.75) is 26.7 Å². The Morgan fingerprint density at radius 2 is 2.12 bits per heavy atom. The average Bonchev–Trinajstić information content (AvgIpc) is 2.27. The minimum absolute atomic E-state index is 0.199. The van der Waals surface area contributed by atoms with Gasteiger partial charge in [-0.1, -0.05) is 19.1 Å². The number of esters is 1. The summed E-state index contributed by atoms with van der Waals surface area (Å²) in [5, 5.41) is 0. The first kappa shape index (κ1) is 12.6. The van der Waals surface area contributed by atoms with E-state index >= 15 is 0 Å². The molecule has 0 saturated carbocycles. The second-order valence-electron chi connectivity index (χ2n) is 3.48. The molecule has 0 fully saturated rings. The van der Waals surface area contributed by atoms with Crippen LogP contribution in [0.25, 0.3) is 0 Å². The maximum atomic E-state index is 11.3. The van der Waals surface area contributed by atoms with Gasteiger partial charge in [0.25, 0.3) is 0 Å². The van der Waals surface area contributed by atoms with Gasteiger partial charge in [0.1, 0.15) is 5.75 Å². The van der Waals surface area contributed by atoms with Gasteiger partial charge in [-0.25, -0.2) is 0 Å². The van der Waals surface area contributed by atoms with E-state index < -0.39 is 0 Å². The average molecular weight is 222 g/mol. The molecular weight excluding hydrogens is 204 g/mol. The highest BCUT2D eigenvalue weighted by Crippen LogP contribution is 2.14. The standard InChI is InChI=1S/C13H18O3/c1-3-8-16-12-7-5-6-11(9-12)10-13(14)15-4-2/h5-7,9H,3-4,8,10H2,1-2H3. The van der Waals surface area contributed by atoms with Crippen LogP contribution in [-0.4, -0.2) is 19.2 Å². The van der Waals surface area contributed by atoms with Gasteiger partial charge in [0, 0.05) is 0 Å². The molecule has 1 rings (SSSR count). The Bertz CT molecular complexity index is 334. The highest BCUT2D eigenvalue weighted by Gasteiger charge is 2.04. The van der Waals surface area contributed by atoms with Gasteiger partial charge in [0.2, 0.25) is 0 Å². The van der Waals surface area contributed by atoms with Crippen LogP contribution in [0, 0.1) is 0 Å². The van der Waals surface area contributed by atoms with Gasteiger partial charge in [-0.2, -0.15) is 0 Å². The number of rotatable bonds is 6. The minimum Gasteiger partial charge on any atom is -0.494 e. The van der Waals surface area contributed by atoms with Gasteiger partial charge >= 0.3 is 5.97 Å². The summed E-state index contributed by atoms with van der Waals surface area (Å²) in [5.74, 6) is 0.610. The Labute approximate surface area is 96.4 Å². The van der Waals surface area contributed by atoms with E-state index in [4.69, 9.17) is 9.47 Å². The predicted octanol–water partition coefficient (Wildman–Crippen LogP) is 2.58. The maximum Gasteiger partial charge on any atom is 0.310 e. The molecule has 0 radical (unpaired) electrons. The van der Waals surface area contributed by atoms with Gasteiger partial charge < -0.3 is 9.47 Å². The normalized spacial score (nSPS) is 9.88. The van der Waals surface area contributed by atoms with Crippen molar-refractivity contribution < 1.29 is 14.3 Å². The van der Waals surface area contributed by atoms with E-state index in [1.54, 1.807) is 6.92 Å². The lowest BCUT2D eigenvalue weighted by molar-refractivity contribution is -0.142. The smallest absolute Gasteiger partial charge is 0.310 e. The van der Waals surface area contributed by atoms with Crippen molar-refractivity contribution in [3.63, 3.8) is 0 Å². The van der Waals surface area contributed by atoms with Crippen LogP contribution in [0.5, 0.6) is 5.75 Å². The van der Waals surface area contributed by atoms with E-state index in [9.17, 15) is 4.79 Å². The summed E-state index contributed by atoms with van der Waals surface area (Å²) in [6, 6.07) is 7.56. The molecule has 0 aliphatic carbocycles. The van der Waals surface area contributed by atoms with Crippen LogP contribution in [0.15, 0.2) is 24.3 Å². The third-order valence-corrected chi connectivity index (χ3v) is 2.03. The minimum atomic E-state index is -0.199. The largest absolute Gasteiger partial charge is 0.494 e. The van der Waals surface area contributed by atoms with Gasteiger partial charge in [0.15, 0.2) is 0 Å². The zero-order valence-corrected chi connectivity index (χ0v) is 9.86. The summed E-state index contributed by atoms with van der Waals surface area (Å²) in [6.45, 7) is 4.98. The summed E-state index contributed by atoms with van der Waals surface area (Å²) in [5.41, 5.74) is 0.923. The topological polar surface area (TPSA) is 35.5 Å². The van der Waals surface area contributed by atoms with Crippen LogP contribution in [0.3, 0.4) is 0 Å². The second-order valence-corrected chi connectivity index (χ2v) is 3.48. The molecule has 1 aromatic carbocycles. The lowest BCUT2D eigenvalue weighted by Gasteiger charge is -2.06. The van der Waals surface area contributed by atoms with Gasteiger partial charge in [-0.15, -0.1) is 0 Å². The Kier molecular flexibility index (Phi) is 5.40. The van der Waals surface area contributed by atoms with Crippen LogP contribution in [0.2, 0.25) is 0 Å². The summed E-state index contributed by atoms with van der Waals surface area (Å²) >= 11 is 0. The number of carbonyl (C=O) groups excluding carboxylic acids is 1. The fourth-order valence-corrected chi connectivity index (χ4v) is 1.34. The van der Waals surface area contributed by atoms with Crippen LogP contribution >= 0.6 is 0 Å². The molecule has 3 nitrogen and oxygen atoms in total. The molecule has 88 valence electrons. The quantitative estimate of drug-likeness (QED) is 0.694. The Hall–Kier alpha value is -1.51. The van der Waals surface area contributed by atoms with E-state index in [0.29, 0.717) is 19.6 Å². The summed E-state index contributed by atoms with van der Waals surface area (Å²) in [6.07, 6.45) is 1.28. The number of hydrogen-bond donors (Lipinski definition) is 0. The number of ether oxygens (including phenoxy) is 2. The van der Waals surface area contributed by atoms with Gasteiger partial charge in [0.05, 0.1) is 19.6 Å². The third-order valence-electron chi connectivity index (χ3n) is 2.03. The molecular formula is C13H18O3. The third kappa shape index (κ3) is 4.34. The molecule has 0 N–H and O–H groups in total. The highest BCUT2D eigenvalue weighted by atomic mass is 16.5. The Morgan fingerprint density at radius 3 is 2.81 bits per heavy atom. The van der Waals surface area contributed by atoms with Crippen LogP contribution < -0.4 is 4.74 Å². The van der Waals surface area contributed by atoms with E-state index in [2.05, 4.69) is 6.92 Å².